The van der Waals surface area contributed by atoms with Crippen molar-refractivity contribution in [2.24, 2.45) is 0 Å². The van der Waals surface area contributed by atoms with Crippen LogP contribution in [0, 0.1) is 0 Å². The highest BCUT2D eigenvalue weighted by molar-refractivity contribution is 9.11. The Morgan fingerprint density at radius 2 is 1.72 bits per heavy atom. The third-order valence-electron chi connectivity index (χ3n) is 3.27. The van der Waals surface area contributed by atoms with Gasteiger partial charge in [0.05, 0.1) is 0 Å². The summed E-state index contributed by atoms with van der Waals surface area (Å²) >= 11 is 6.60. The normalized spacial score (nSPS) is 16.3. The molecule has 1 aliphatic rings. The number of hydrogen-bond acceptors (Lipinski definition) is 2. The molecule has 0 spiro atoms. The lowest BCUT2D eigenvalue weighted by atomic mass is 9.95. The SMILES string of the molecule is CN(C)C1CCCCC1.Nc1ccc(Br)cc1Br. The molecular formula is C14H22Br2N2. The molecule has 0 amide bonds. The number of halogens is 2. The molecule has 0 bridgehead atoms. The van der Waals surface area contributed by atoms with Crippen LogP contribution in [0.5, 0.6) is 0 Å². The lowest BCUT2D eigenvalue weighted by Crippen LogP contribution is -2.29. The smallest absolute Gasteiger partial charge is 0.0459 e. The topological polar surface area (TPSA) is 29.3 Å². The van der Waals surface area contributed by atoms with Gasteiger partial charge in [-0.1, -0.05) is 35.2 Å². The van der Waals surface area contributed by atoms with Gasteiger partial charge in [-0.3, -0.25) is 0 Å². The molecule has 0 atom stereocenters. The molecule has 0 aliphatic heterocycles. The monoisotopic (exact) mass is 376 g/mol. The van der Waals surface area contributed by atoms with Crippen LogP contribution in [0.3, 0.4) is 0 Å². The van der Waals surface area contributed by atoms with Crippen LogP contribution < -0.4 is 5.73 Å². The molecule has 1 fully saturated rings. The number of nitrogen functional groups attached to an aromatic ring is 1. The molecule has 0 saturated heterocycles. The maximum atomic E-state index is 5.52. The van der Waals surface area contributed by atoms with Crippen molar-refractivity contribution < 1.29 is 0 Å². The zero-order valence-electron chi connectivity index (χ0n) is 11.1. The third-order valence-corrected chi connectivity index (χ3v) is 4.45. The van der Waals surface area contributed by atoms with Crippen LogP contribution in [0.25, 0.3) is 0 Å². The molecule has 1 aromatic carbocycles. The van der Waals surface area contributed by atoms with Crippen LogP contribution in [0.1, 0.15) is 32.1 Å². The summed E-state index contributed by atoms with van der Waals surface area (Å²) in [4.78, 5) is 2.36. The highest BCUT2D eigenvalue weighted by atomic mass is 79.9. The average molecular weight is 378 g/mol. The first-order valence-corrected chi connectivity index (χ1v) is 7.96. The largest absolute Gasteiger partial charge is 0.398 e. The lowest BCUT2D eigenvalue weighted by Gasteiger charge is -2.27. The first-order valence-electron chi connectivity index (χ1n) is 6.37. The van der Waals surface area contributed by atoms with E-state index >= 15 is 0 Å². The van der Waals surface area contributed by atoms with Gasteiger partial charge in [0.1, 0.15) is 0 Å². The van der Waals surface area contributed by atoms with Crippen LogP contribution >= 0.6 is 31.9 Å². The van der Waals surface area contributed by atoms with Gasteiger partial charge < -0.3 is 10.6 Å². The van der Waals surface area contributed by atoms with Crippen molar-refractivity contribution in [2.75, 3.05) is 19.8 Å². The molecule has 0 aromatic heterocycles. The summed E-state index contributed by atoms with van der Waals surface area (Å²) in [6.45, 7) is 0. The van der Waals surface area contributed by atoms with Crippen molar-refractivity contribution in [2.45, 2.75) is 38.1 Å². The Bertz CT molecular complexity index is 361. The van der Waals surface area contributed by atoms with Gasteiger partial charge in [-0.15, -0.1) is 0 Å². The predicted molar refractivity (Wildman–Crippen MR) is 86.8 cm³/mol. The van der Waals surface area contributed by atoms with E-state index in [1.807, 2.05) is 18.2 Å². The maximum Gasteiger partial charge on any atom is 0.0459 e. The van der Waals surface area contributed by atoms with E-state index in [1.165, 1.54) is 32.1 Å². The highest BCUT2D eigenvalue weighted by Crippen LogP contribution is 2.23. The number of hydrogen-bond donors (Lipinski definition) is 1. The maximum absolute atomic E-state index is 5.52. The third kappa shape index (κ3) is 5.72. The van der Waals surface area contributed by atoms with Gasteiger partial charge in [-0.2, -0.15) is 0 Å². The van der Waals surface area contributed by atoms with Crippen molar-refractivity contribution in [1.29, 1.82) is 0 Å². The first kappa shape index (κ1) is 16.0. The van der Waals surface area contributed by atoms with Gasteiger partial charge in [0.15, 0.2) is 0 Å². The van der Waals surface area contributed by atoms with Crippen LogP contribution in [-0.4, -0.2) is 25.0 Å². The molecule has 18 heavy (non-hydrogen) atoms. The molecule has 0 radical (unpaired) electrons. The van der Waals surface area contributed by atoms with Gasteiger partial charge in [0, 0.05) is 20.7 Å². The molecule has 102 valence electrons. The summed E-state index contributed by atoms with van der Waals surface area (Å²) in [7, 11) is 4.38. The number of benzene rings is 1. The molecule has 1 aromatic rings. The Labute approximate surface area is 127 Å². The van der Waals surface area contributed by atoms with Crippen LogP contribution in [0.4, 0.5) is 5.69 Å². The minimum atomic E-state index is 0.762. The molecule has 2 nitrogen and oxygen atoms in total. The number of nitrogens with two attached hydrogens (primary N) is 1. The van der Waals surface area contributed by atoms with Crippen LogP contribution in [0.2, 0.25) is 0 Å². The fourth-order valence-corrected chi connectivity index (χ4v) is 3.15. The Hall–Kier alpha value is -0.0600. The van der Waals surface area contributed by atoms with Crippen LogP contribution in [0.15, 0.2) is 27.1 Å². The second-order valence-corrected chi connectivity index (χ2v) is 6.69. The van der Waals surface area contributed by atoms with E-state index in [0.717, 1.165) is 20.7 Å². The summed E-state index contributed by atoms with van der Waals surface area (Å²) in [5, 5.41) is 0. The van der Waals surface area contributed by atoms with Gasteiger partial charge in [-0.25, -0.2) is 0 Å². The van der Waals surface area contributed by atoms with E-state index in [9.17, 15) is 0 Å². The Balaban J connectivity index is 0.000000180. The molecule has 2 N–H and O–H groups in total. The molecule has 2 rings (SSSR count). The minimum Gasteiger partial charge on any atom is -0.398 e. The van der Waals surface area contributed by atoms with E-state index in [2.05, 4.69) is 50.9 Å². The van der Waals surface area contributed by atoms with Crippen LogP contribution in [-0.2, 0) is 0 Å². The average Bonchev–Trinajstić information content (AvgIpc) is 2.36. The zero-order chi connectivity index (χ0) is 13.5. The summed E-state index contributed by atoms with van der Waals surface area (Å²) in [6, 6.07) is 6.54. The molecule has 1 aliphatic carbocycles. The number of rotatable bonds is 1. The van der Waals surface area contributed by atoms with E-state index in [-0.39, 0.29) is 0 Å². The first-order chi connectivity index (χ1) is 8.50. The van der Waals surface area contributed by atoms with Crippen molar-refractivity contribution in [3.05, 3.63) is 27.1 Å². The molecule has 0 unspecified atom stereocenters. The summed E-state index contributed by atoms with van der Waals surface area (Å²) in [5.41, 5.74) is 6.28. The molecule has 0 heterocycles. The second kappa shape index (κ2) is 8.18. The Morgan fingerprint density at radius 3 is 2.11 bits per heavy atom. The summed E-state index contributed by atoms with van der Waals surface area (Å²) < 4.78 is 1.96. The van der Waals surface area contributed by atoms with E-state index in [4.69, 9.17) is 5.73 Å². The minimum absolute atomic E-state index is 0.762. The fourth-order valence-electron chi connectivity index (χ4n) is 2.10. The van der Waals surface area contributed by atoms with Crippen molar-refractivity contribution >= 4 is 37.5 Å². The van der Waals surface area contributed by atoms with E-state index in [1.54, 1.807) is 0 Å². The van der Waals surface area contributed by atoms with E-state index in [0.29, 0.717) is 0 Å². The van der Waals surface area contributed by atoms with E-state index < -0.39 is 0 Å². The van der Waals surface area contributed by atoms with Gasteiger partial charge in [0.25, 0.3) is 0 Å². The zero-order valence-corrected chi connectivity index (χ0v) is 14.3. The van der Waals surface area contributed by atoms with Gasteiger partial charge in [0.2, 0.25) is 0 Å². The van der Waals surface area contributed by atoms with Crippen molar-refractivity contribution in [3.8, 4) is 0 Å². The number of nitrogens with zero attached hydrogens (tertiary/aromatic N) is 1. The lowest BCUT2D eigenvalue weighted by molar-refractivity contribution is 0.229. The molecule has 1 saturated carbocycles. The molecule has 4 heteroatoms. The highest BCUT2D eigenvalue weighted by Gasteiger charge is 2.13. The molecular weight excluding hydrogens is 356 g/mol. The summed E-state index contributed by atoms with van der Waals surface area (Å²) in [6.07, 6.45) is 7.20. The predicted octanol–water partition coefficient (Wildman–Crippen LogP) is 4.67. The Kier molecular flexibility index (Phi) is 7.27. The second-order valence-electron chi connectivity index (χ2n) is 4.92. The standard InChI is InChI=1S/C8H17N.C6H5Br2N/c1-9(2)8-6-4-3-5-7-8;7-4-1-2-6(9)5(8)3-4/h8H,3-7H2,1-2H3;1-3H,9H2. The fraction of sp³-hybridized carbons (Fsp3) is 0.571. The summed E-state index contributed by atoms with van der Waals surface area (Å²) in [5.74, 6) is 0. The van der Waals surface area contributed by atoms with Gasteiger partial charge in [-0.05, 0) is 61.1 Å². The van der Waals surface area contributed by atoms with Crippen molar-refractivity contribution in [3.63, 3.8) is 0 Å². The van der Waals surface area contributed by atoms with Gasteiger partial charge >= 0.3 is 0 Å². The van der Waals surface area contributed by atoms with Crippen molar-refractivity contribution in [1.82, 2.24) is 4.90 Å². The number of anilines is 1. The quantitative estimate of drug-likeness (QED) is 0.720. The Morgan fingerprint density at radius 1 is 1.11 bits per heavy atom.